The smallest absolute Gasteiger partial charge is 0.303 e. The zero-order chi connectivity index (χ0) is 5.21. The van der Waals surface area contributed by atoms with Gasteiger partial charge in [-0.25, -0.2) is 0 Å². The molecule has 0 N–H and O–H groups in total. The van der Waals surface area contributed by atoms with Crippen LogP contribution in [0.4, 0.5) is 17.3 Å². The van der Waals surface area contributed by atoms with Crippen molar-refractivity contribution in [3.8, 4) is 0 Å². The van der Waals surface area contributed by atoms with E-state index in [1.54, 1.807) is 0 Å². The van der Waals surface area contributed by atoms with Crippen LogP contribution in [0.1, 0.15) is 0 Å². The summed E-state index contributed by atoms with van der Waals surface area (Å²) in [6.07, 6.45) is 0. The average Bonchev–Trinajstić information content (AvgIpc) is 1.35. The predicted molar refractivity (Wildman–Crippen MR) is 12.9 cm³/mol. The maximum atomic E-state index is 10.4. The SMILES string of the molecule is F[Si]C(F)(F)F. The summed E-state index contributed by atoms with van der Waals surface area (Å²) in [7, 11) is -2.43. The van der Waals surface area contributed by atoms with Gasteiger partial charge < -0.3 is 4.11 Å². The molecule has 0 aromatic rings. The van der Waals surface area contributed by atoms with Crippen molar-refractivity contribution in [2.24, 2.45) is 0 Å². The predicted octanol–water partition coefficient (Wildman–Crippen LogP) is 1.09. The monoisotopic (exact) mass is 116 g/mol. The highest BCUT2D eigenvalue weighted by Crippen LogP contribution is 2.11. The van der Waals surface area contributed by atoms with Crippen molar-refractivity contribution in [1.82, 2.24) is 0 Å². The van der Waals surface area contributed by atoms with Crippen molar-refractivity contribution in [2.45, 2.75) is 5.80 Å². The summed E-state index contributed by atoms with van der Waals surface area (Å²) in [5.41, 5.74) is 0. The number of hydrogen-bond donors (Lipinski definition) is 0. The minimum absolute atomic E-state index is 2.43. The Kier molecular flexibility index (Phi) is 1.57. The molecule has 6 heavy (non-hydrogen) atoms. The van der Waals surface area contributed by atoms with E-state index in [9.17, 15) is 17.3 Å². The van der Waals surface area contributed by atoms with Crippen LogP contribution in [0.25, 0.3) is 0 Å². The molecular formula is CF4Si. The molecule has 0 nitrogen and oxygen atoms in total. The highest BCUT2D eigenvalue weighted by Gasteiger charge is 2.29. The fourth-order valence-electron chi connectivity index (χ4n) is 0. The molecule has 0 atom stereocenters. The molecule has 0 rings (SSSR count). The molecule has 0 aromatic heterocycles. The molecule has 36 valence electrons. The summed E-state index contributed by atoms with van der Waals surface area (Å²) in [6.45, 7) is 0. The van der Waals surface area contributed by atoms with E-state index < -0.39 is 15.7 Å². The van der Waals surface area contributed by atoms with Crippen LogP contribution >= 0.6 is 0 Å². The van der Waals surface area contributed by atoms with Crippen molar-refractivity contribution >= 4 is 9.85 Å². The fraction of sp³-hybridized carbons (Fsp3) is 1.00. The molecule has 0 amide bonds. The van der Waals surface area contributed by atoms with Gasteiger partial charge in [0.2, 0.25) is 0 Å². The van der Waals surface area contributed by atoms with Gasteiger partial charge in [0, 0.05) is 0 Å². The molecule has 0 saturated heterocycles. The van der Waals surface area contributed by atoms with Gasteiger partial charge in [-0.15, -0.1) is 0 Å². The van der Waals surface area contributed by atoms with E-state index in [2.05, 4.69) is 0 Å². The van der Waals surface area contributed by atoms with Gasteiger partial charge in [0.25, 0.3) is 0 Å². The van der Waals surface area contributed by atoms with Crippen LogP contribution in [0.5, 0.6) is 0 Å². The number of halogens is 4. The minimum atomic E-state index is -4.60. The van der Waals surface area contributed by atoms with Crippen LogP contribution in [0.3, 0.4) is 0 Å². The summed E-state index contributed by atoms with van der Waals surface area (Å²) in [6, 6.07) is 0. The maximum absolute atomic E-state index is 10.4. The molecule has 0 fully saturated rings. The van der Waals surface area contributed by atoms with Gasteiger partial charge in [-0.05, 0) is 0 Å². The first-order valence-electron chi connectivity index (χ1n) is 1.01. The van der Waals surface area contributed by atoms with Crippen molar-refractivity contribution < 1.29 is 17.3 Å². The lowest BCUT2D eigenvalue weighted by molar-refractivity contribution is -0.0522. The Hall–Kier alpha value is -0.0631. The Bertz CT molecular complexity index is 37.3. The van der Waals surface area contributed by atoms with E-state index in [4.69, 9.17) is 0 Å². The molecule has 0 aliphatic rings. The van der Waals surface area contributed by atoms with E-state index >= 15 is 0 Å². The highest BCUT2D eigenvalue weighted by atomic mass is 28.3. The normalized spacial score (nSPS) is 12.0. The molecule has 5 heteroatoms. The average molecular weight is 116 g/mol. The van der Waals surface area contributed by atoms with E-state index in [1.165, 1.54) is 0 Å². The molecule has 2 radical (unpaired) electrons. The molecule has 0 aliphatic heterocycles. The van der Waals surface area contributed by atoms with Crippen LogP contribution in [0.15, 0.2) is 0 Å². The Morgan fingerprint density at radius 2 is 1.33 bits per heavy atom. The second kappa shape index (κ2) is 1.59. The first-order valence-corrected chi connectivity index (χ1v) is 1.88. The Morgan fingerprint density at radius 1 is 1.17 bits per heavy atom. The third-order valence-corrected chi connectivity index (χ3v) is 0.321. The minimum Gasteiger partial charge on any atom is -0.303 e. The van der Waals surface area contributed by atoms with Gasteiger partial charge >= 0.3 is 15.7 Å². The van der Waals surface area contributed by atoms with Crippen LogP contribution in [-0.2, 0) is 0 Å². The van der Waals surface area contributed by atoms with Crippen molar-refractivity contribution in [2.75, 3.05) is 0 Å². The molecule has 0 saturated carbocycles. The van der Waals surface area contributed by atoms with Gasteiger partial charge in [0.15, 0.2) is 0 Å². The molecule has 0 aromatic carbocycles. The van der Waals surface area contributed by atoms with E-state index in [0.717, 1.165) is 0 Å². The second-order valence-electron chi connectivity index (χ2n) is 0.592. The van der Waals surface area contributed by atoms with Crippen molar-refractivity contribution in [3.63, 3.8) is 0 Å². The molecular weight excluding hydrogens is 116 g/mol. The number of rotatable bonds is 0. The van der Waals surface area contributed by atoms with Crippen LogP contribution < -0.4 is 0 Å². The third kappa shape index (κ3) is 3.94. The molecule has 0 bridgehead atoms. The quantitative estimate of drug-likeness (QED) is 0.252. The zero-order valence-corrected chi connectivity index (χ0v) is 3.51. The zero-order valence-electron chi connectivity index (χ0n) is 2.51. The lowest BCUT2D eigenvalue weighted by atomic mass is 11.5. The van der Waals surface area contributed by atoms with Gasteiger partial charge in [0.05, 0.1) is 0 Å². The first-order chi connectivity index (χ1) is 2.56. The van der Waals surface area contributed by atoms with E-state index in [-0.39, 0.29) is 0 Å². The van der Waals surface area contributed by atoms with Crippen LogP contribution in [0.2, 0.25) is 0 Å². The van der Waals surface area contributed by atoms with Gasteiger partial charge in [-0.3, -0.25) is 0 Å². The van der Waals surface area contributed by atoms with Gasteiger partial charge in [-0.1, -0.05) is 0 Å². The molecule has 0 spiro atoms. The topological polar surface area (TPSA) is 0 Å². The van der Waals surface area contributed by atoms with Crippen LogP contribution in [-0.4, -0.2) is 15.7 Å². The summed E-state index contributed by atoms with van der Waals surface area (Å²) in [5.74, 6) is -4.60. The van der Waals surface area contributed by atoms with Crippen molar-refractivity contribution in [3.05, 3.63) is 0 Å². The first kappa shape index (κ1) is 5.94. The summed E-state index contributed by atoms with van der Waals surface area (Å²) in [5, 5.41) is 0. The van der Waals surface area contributed by atoms with Gasteiger partial charge in [0.1, 0.15) is 0 Å². The summed E-state index contributed by atoms with van der Waals surface area (Å²) < 4.78 is 41.7. The highest BCUT2D eigenvalue weighted by molar-refractivity contribution is 6.28. The van der Waals surface area contributed by atoms with Crippen LogP contribution in [0, 0.1) is 0 Å². The molecule has 0 aliphatic carbocycles. The number of alkyl halides is 3. The Balaban J connectivity index is 3.17. The molecule has 0 heterocycles. The maximum Gasteiger partial charge on any atom is 0.429 e. The van der Waals surface area contributed by atoms with Gasteiger partial charge in [-0.2, -0.15) is 13.2 Å². The van der Waals surface area contributed by atoms with Crippen molar-refractivity contribution in [1.29, 1.82) is 0 Å². The van der Waals surface area contributed by atoms with E-state index in [1.807, 2.05) is 0 Å². The Morgan fingerprint density at radius 3 is 1.33 bits per heavy atom. The standard InChI is InChI=1S/CF4Si/c2-1(3,4)6-5. The lowest BCUT2D eigenvalue weighted by Gasteiger charge is -1.91. The second-order valence-corrected chi connectivity index (χ2v) is 1.35. The largest absolute Gasteiger partial charge is 0.429 e. The fourth-order valence-corrected chi connectivity index (χ4v) is 0. The summed E-state index contributed by atoms with van der Waals surface area (Å²) in [4.78, 5) is 0. The Labute approximate surface area is 34.1 Å². The lowest BCUT2D eigenvalue weighted by Crippen LogP contribution is -2.12. The third-order valence-electron chi connectivity index (χ3n) is 0.107. The number of hydrogen-bond acceptors (Lipinski definition) is 0. The summed E-state index contributed by atoms with van der Waals surface area (Å²) >= 11 is 0. The molecule has 0 unspecified atom stereocenters. The van der Waals surface area contributed by atoms with E-state index in [0.29, 0.717) is 0 Å².